The molecule has 1 heterocycles. The molecule has 4 rings (SSSR count). The van der Waals surface area contributed by atoms with Crippen molar-refractivity contribution in [2.45, 2.75) is 20.5 Å². The number of nitro groups is 1. The Kier molecular flexibility index (Phi) is 8.26. The van der Waals surface area contributed by atoms with Gasteiger partial charge in [0.1, 0.15) is 6.61 Å². The molecule has 8 nitrogen and oxygen atoms in total. The zero-order chi connectivity index (χ0) is 25.7. The minimum atomic E-state index is -0.452. The van der Waals surface area contributed by atoms with E-state index in [4.69, 9.17) is 9.47 Å². The fraction of sp³-hybridized carbons (Fsp3) is 0.154. The average Bonchev–Trinajstić information content (AvgIpc) is 3.19. The number of nitrogens with zero attached hydrogens (tertiary/aromatic N) is 2. The molecule has 184 valence electrons. The molecule has 0 spiro atoms. The van der Waals surface area contributed by atoms with Crippen LogP contribution < -0.4 is 14.8 Å². The summed E-state index contributed by atoms with van der Waals surface area (Å²) in [6.07, 6.45) is 1.77. The number of ether oxygens (including phenoxy) is 2. The Morgan fingerprint density at radius 3 is 2.61 bits per heavy atom. The smallest absolute Gasteiger partial charge is 0.269 e. The van der Waals surface area contributed by atoms with Gasteiger partial charge in [-0.25, -0.2) is 4.99 Å². The van der Waals surface area contributed by atoms with Gasteiger partial charge in [0.2, 0.25) is 0 Å². The third-order valence-corrected chi connectivity index (χ3v) is 6.83. The molecule has 10 heteroatoms. The van der Waals surface area contributed by atoms with Gasteiger partial charge in [0.05, 0.1) is 25.7 Å². The van der Waals surface area contributed by atoms with Crippen LogP contribution in [0.15, 0.2) is 70.6 Å². The van der Waals surface area contributed by atoms with E-state index < -0.39 is 4.92 Å². The van der Waals surface area contributed by atoms with Crippen molar-refractivity contribution in [3.05, 3.63) is 95.9 Å². The van der Waals surface area contributed by atoms with Crippen LogP contribution in [-0.4, -0.2) is 22.6 Å². The lowest BCUT2D eigenvalue weighted by molar-refractivity contribution is -0.384. The minimum Gasteiger partial charge on any atom is -0.490 e. The zero-order valence-electron chi connectivity index (χ0n) is 19.5. The van der Waals surface area contributed by atoms with Gasteiger partial charge in [0, 0.05) is 12.1 Å². The predicted octanol–water partition coefficient (Wildman–Crippen LogP) is 6.38. The molecule has 1 fully saturated rings. The SMILES string of the molecule is CCOc1cc(/C=C2/SC(=Nc3ccc([N+](=O)[O-])cc3C)NC2=O)cc(I)c1OCc1ccccc1. The Balaban J connectivity index is 1.56. The fourth-order valence-corrected chi connectivity index (χ4v) is 5.04. The van der Waals surface area contributed by atoms with Crippen molar-refractivity contribution in [2.75, 3.05) is 6.61 Å². The first-order chi connectivity index (χ1) is 17.3. The summed E-state index contributed by atoms with van der Waals surface area (Å²) in [5.74, 6) is 0.990. The normalized spacial score (nSPS) is 15.2. The second kappa shape index (κ2) is 11.6. The van der Waals surface area contributed by atoms with Gasteiger partial charge in [-0.1, -0.05) is 30.3 Å². The van der Waals surface area contributed by atoms with Gasteiger partial charge < -0.3 is 14.8 Å². The summed E-state index contributed by atoms with van der Waals surface area (Å²) in [6, 6.07) is 18.1. The quantitative estimate of drug-likeness (QED) is 0.137. The first kappa shape index (κ1) is 25.7. The number of hydrogen-bond donors (Lipinski definition) is 1. The molecule has 3 aromatic rings. The van der Waals surface area contributed by atoms with Crippen molar-refractivity contribution >= 4 is 62.9 Å². The third kappa shape index (κ3) is 6.24. The molecule has 0 atom stereocenters. The van der Waals surface area contributed by atoms with Crippen LogP contribution in [0.3, 0.4) is 0 Å². The van der Waals surface area contributed by atoms with Gasteiger partial charge in [0.15, 0.2) is 16.7 Å². The number of carbonyl (C=O) groups excluding carboxylic acids is 1. The molecule has 1 amide bonds. The highest BCUT2D eigenvalue weighted by Gasteiger charge is 2.25. The number of halogens is 1. The highest BCUT2D eigenvalue weighted by Crippen LogP contribution is 2.37. The lowest BCUT2D eigenvalue weighted by atomic mass is 10.2. The van der Waals surface area contributed by atoms with E-state index in [9.17, 15) is 14.9 Å². The standard InChI is InChI=1S/C26H22IN3O5S/c1-3-34-22-13-18(12-20(27)24(22)35-15-17-7-5-4-6-8-17)14-23-25(31)29-26(36-23)28-21-10-9-19(30(32)33)11-16(21)2/h4-14H,3,15H2,1-2H3,(H,28,29,31)/b23-14+. The van der Waals surface area contributed by atoms with Crippen molar-refractivity contribution in [1.29, 1.82) is 0 Å². The monoisotopic (exact) mass is 615 g/mol. The summed E-state index contributed by atoms with van der Waals surface area (Å²) in [4.78, 5) is 28.1. The number of benzene rings is 3. The van der Waals surface area contributed by atoms with E-state index in [-0.39, 0.29) is 11.6 Å². The number of nitro benzene ring substituents is 1. The molecular weight excluding hydrogens is 593 g/mol. The lowest BCUT2D eigenvalue weighted by Gasteiger charge is -2.15. The molecule has 1 N–H and O–H groups in total. The Labute approximate surface area is 226 Å². The van der Waals surface area contributed by atoms with E-state index in [0.717, 1.165) is 14.7 Å². The summed E-state index contributed by atoms with van der Waals surface area (Å²) >= 11 is 3.41. The van der Waals surface area contributed by atoms with Crippen LogP contribution in [0.5, 0.6) is 11.5 Å². The Hall–Kier alpha value is -3.38. The third-order valence-electron chi connectivity index (χ3n) is 5.12. The Morgan fingerprint density at radius 1 is 1.14 bits per heavy atom. The van der Waals surface area contributed by atoms with E-state index in [0.29, 0.717) is 46.0 Å². The summed E-state index contributed by atoms with van der Waals surface area (Å²) in [6.45, 7) is 4.53. The van der Waals surface area contributed by atoms with E-state index in [1.165, 1.54) is 23.9 Å². The molecule has 1 aliphatic heterocycles. The largest absolute Gasteiger partial charge is 0.490 e. The molecule has 0 aromatic heterocycles. The van der Waals surface area contributed by atoms with E-state index in [2.05, 4.69) is 32.9 Å². The van der Waals surface area contributed by atoms with Crippen LogP contribution in [-0.2, 0) is 11.4 Å². The minimum absolute atomic E-state index is 0.00366. The van der Waals surface area contributed by atoms with Gasteiger partial charge in [-0.05, 0) is 89.2 Å². The van der Waals surface area contributed by atoms with E-state index in [1.807, 2.05) is 49.4 Å². The molecule has 0 radical (unpaired) electrons. The molecule has 0 saturated carbocycles. The van der Waals surface area contributed by atoms with Crippen LogP contribution in [0, 0.1) is 20.6 Å². The highest BCUT2D eigenvalue weighted by atomic mass is 127. The zero-order valence-corrected chi connectivity index (χ0v) is 22.5. The van der Waals surface area contributed by atoms with Gasteiger partial charge in [-0.2, -0.15) is 0 Å². The summed E-state index contributed by atoms with van der Waals surface area (Å²) in [5.41, 5.74) is 3.04. The molecule has 36 heavy (non-hydrogen) atoms. The summed E-state index contributed by atoms with van der Waals surface area (Å²) < 4.78 is 12.8. The maximum Gasteiger partial charge on any atom is 0.269 e. The molecule has 1 aliphatic rings. The number of aryl methyl sites for hydroxylation is 1. The second-order valence-corrected chi connectivity index (χ2v) is 9.94. The Morgan fingerprint density at radius 2 is 1.92 bits per heavy atom. The van der Waals surface area contributed by atoms with Gasteiger partial charge >= 0.3 is 0 Å². The molecule has 1 saturated heterocycles. The van der Waals surface area contributed by atoms with Crippen molar-refractivity contribution < 1.29 is 19.2 Å². The lowest BCUT2D eigenvalue weighted by Crippen LogP contribution is -2.19. The van der Waals surface area contributed by atoms with E-state index >= 15 is 0 Å². The fourth-order valence-electron chi connectivity index (χ4n) is 3.42. The molecule has 0 unspecified atom stereocenters. The molecular formula is C26H22IN3O5S. The topological polar surface area (TPSA) is 103 Å². The molecule has 3 aromatic carbocycles. The van der Waals surface area contributed by atoms with Crippen LogP contribution in [0.1, 0.15) is 23.6 Å². The maximum atomic E-state index is 12.6. The second-order valence-electron chi connectivity index (χ2n) is 7.75. The van der Waals surface area contributed by atoms with Crippen molar-refractivity contribution in [1.82, 2.24) is 5.32 Å². The van der Waals surface area contributed by atoms with Gasteiger partial charge in [-0.3, -0.25) is 14.9 Å². The average molecular weight is 615 g/mol. The van der Waals surface area contributed by atoms with Crippen LogP contribution in [0.25, 0.3) is 6.08 Å². The first-order valence-corrected chi connectivity index (χ1v) is 12.9. The number of amidine groups is 1. The number of hydrogen-bond acceptors (Lipinski definition) is 7. The number of aliphatic imine (C=N–C) groups is 1. The number of non-ortho nitro benzene ring substituents is 1. The summed E-state index contributed by atoms with van der Waals surface area (Å²) in [5, 5.41) is 14.1. The predicted molar refractivity (Wildman–Crippen MR) is 150 cm³/mol. The number of nitrogens with one attached hydrogen (secondary N) is 1. The Bertz CT molecular complexity index is 1380. The molecule has 0 bridgehead atoms. The number of carbonyl (C=O) groups is 1. The first-order valence-electron chi connectivity index (χ1n) is 11.0. The van der Waals surface area contributed by atoms with Crippen LogP contribution >= 0.6 is 34.4 Å². The maximum absolute atomic E-state index is 12.6. The van der Waals surface area contributed by atoms with E-state index in [1.54, 1.807) is 19.1 Å². The number of amides is 1. The van der Waals surface area contributed by atoms with Gasteiger partial charge in [-0.15, -0.1) is 0 Å². The van der Waals surface area contributed by atoms with Crippen molar-refractivity contribution in [3.8, 4) is 11.5 Å². The highest BCUT2D eigenvalue weighted by molar-refractivity contribution is 14.1. The summed E-state index contributed by atoms with van der Waals surface area (Å²) in [7, 11) is 0. The van der Waals surface area contributed by atoms with Crippen LogP contribution in [0.4, 0.5) is 11.4 Å². The van der Waals surface area contributed by atoms with Crippen molar-refractivity contribution in [2.24, 2.45) is 4.99 Å². The number of thioether (sulfide) groups is 1. The van der Waals surface area contributed by atoms with Crippen LogP contribution in [0.2, 0.25) is 0 Å². The molecule has 0 aliphatic carbocycles. The number of rotatable bonds is 8. The van der Waals surface area contributed by atoms with Crippen molar-refractivity contribution in [3.63, 3.8) is 0 Å². The van der Waals surface area contributed by atoms with Gasteiger partial charge in [0.25, 0.3) is 11.6 Å².